The summed E-state index contributed by atoms with van der Waals surface area (Å²) < 4.78 is 43.0. The van der Waals surface area contributed by atoms with Crippen LogP contribution in [0.2, 0.25) is 0 Å². The average Bonchev–Trinajstić information content (AvgIpc) is 3.40. The van der Waals surface area contributed by atoms with Gasteiger partial charge in [-0.15, -0.1) is 10.2 Å². The van der Waals surface area contributed by atoms with Crippen LogP contribution in [-0.4, -0.2) is 12.5 Å². The molecule has 0 N–H and O–H groups in total. The number of nitrogens with zero attached hydrogens (tertiary/aromatic N) is 2. The molecule has 0 bridgehead atoms. The molecule has 2 heterocycles. The molecule has 1 aromatic heterocycles. The van der Waals surface area contributed by atoms with Crippen molar-refractivity contribution in [3.05, 3.63) is 94.7 Å². The number of carbonyl (C=O) groups excluding carboxylic acids is 1. The molecule has 2 aromatic carbocycles. The molecule has 3 aromatic rings. The fourth-order valence-electron chi connectivity index (χ4n) is 3.74. The molecule has 4 rings (SSSR count). The van der Waals surface area contributed by atoms with E-state index >= 15 is 0 Å². The third-order valence-electron chi connectivity index (χ3n) is 5.17. The van der Waals surface area contributed by atoms with Crippen molar-refractivity contribution in [1.82, 2.24) is 0 Å². The largest absolute Gasteiger partial charge is 0.427 e. The number of ether oxygens (including phenoxy) is 1. The van der Waals surface area contributed by atoms with Crippen molar-refractivity contribution in [1.29, 1.82) is 0 Å². The van der Waals surface area contributed by atoms with E-state index in [2.05, 4.69) is 77.9 Å². The summed E-state index contributed by atoms with van der Waals surface area (Å²) in [5.74, 6) is 0.170. The van der Waals surface area contributed by atoms with Gasteiger partial charge < -0.3 is 9.64 Å². The Morgan fingerprint density at radius 3 is 2.42 bits per heavy atom. The van der Waals surface area contributed by atoms with E-state index in [1.807, 2.05) is 30.4 Å². The Balaban J connectivity index is 0.000000732. The van der Waals surface area contributed by atoms with Crippen molar-refractivity contribution in [3.8, 4) is 0 Å². The standard InChI is InChI=1S/C27H27N2O2S2.ClHO4/c1-4-28-22-13-7-9-15-24(22)32-26(28)17-11-6-12-21(31-20(3)30)18-19-27-29(5-2)23-14-8-10-16-25(23)33-27;2-1(3,4)5/h6-19H,4-5H2,1-3H3;(H,2,3,4,5)/q+1;/p-1. The van der Waals surface area contributed by atoms with Crippen LogP contribution in [0.1, 0.15) is 25.8 Å². The topological polar surface area (TPSA) is 126 Å². The van der Waals surface area contributed by atoms with Crippen molar-refractivity contribution in [2.24, 2.45) is 0 Å². The summed E-state index contributed by atoms with van der Waals surface area (Å²) >= 11 is 3.49. The normalized spacial score (nSPS) is 14.9. The molecule has 0 fully saturated rings. The zero-order chi connectivity index (χ0) is 27.7. The maximum Gasteiger partial charge on any atom is 0.308 e. The number of esters is 1. The zero-order valence-electron chi connectivity index (χ0n) is 21.0. The van der Waals surface area contributed by atoms with E-state index in [1.165, 1.54) is 32.7 Å². The highest BCUT2D eigenvalue weighted by Crippen LogP contribution is 2.45. The number of allylic oxidation sites excluding steroid dienone is 5. The first-order valence-electron chi connectivity index (χ1n) is 11.6. The maximum absolute atomic E-state index is 11.6. The SMILES string of the molecule is CCN1C(=CC=C(C=CC=Cc2sc3ccccc3[n+]2CC)OC(C)=O)Sc2ccccc21.[O-][Cl+3]([O-])([O-])[O-]. The van der Waals surface area contributed by atoms with Gasteiger partial charge in [-0.3, -0.25) is 4.79 Å². The number of thiazole rings is 1. The molecule has 0 spiro atoms. The maximum atomic E-state index is 11.6. The number of carbonyl (C=O) groups is 1. The van der Waals surface area contributed by atoms with Crippen LogP contribution in [0.4, 0.5) is 5.69 Å². The van der Waals surface area contributed by atoms with Gasteiger partial charge >= 0.3 is 5.97 Å². The number of benzene rings is 2. The Morgan fingerprint density at radius 1 is 1.05 bits per heavy atom. The quantitative estimate of drug-likeness (QED) is 0.181. The van der Waals surface area contributed by atoms with Gasteiger partial charge in [-0.1, -0.05) is 59.5 Å². The van der Waals surface area contributed by atoms with Crippen molar-refractivity contribution in [2.45, 2.75) is 32.2 Å². The lowest BCUT2D eigenvalue weighted by atomic mass is 10.3. The number of rotatable bonds is 7. The van der Waals surface area contributed by atoms with Crippen LogP contribution in [0, 0.1) is 10.2 Å². The minimum Gasteiger partial charge on any atom is -0.427 e. The van der Waals surface area contributed by atoms with Crippen molar-refractivity contribution in [2.75, 3.05) is 11.4 Å². The first-order valence-corrected chi connectivity index (χ1v) is 14.5. The number of aromatic nitrogens is 1. The van der Waals surface area contributed by atoms with Gasteiger partial charge in [0.15, 0.2) is 0 Å². The van der Waals surface area contributed by atoms with E-state index in [9.17, 15) is 4.79 Å². The van der Waals surface area contributed by atoms with Crippen molar-refractivity contribution >= 4 is 51.0 Å². The van der Waals surface area contributed by atoms with Gasteiger partial charge in [0, 0.05) is 30.5 Å². The molecule has 200 valence electrons. The molecule has 1 aliphatic rings. The highest BCUT2D eigenvalue weighted by molar-refractivity contribution is 8.03. The first kappa shape index (κ1) is 29.6. The van der Waals surface area contributed by atoms with Crippen molar-refractivity contribution < 1.29 is 43.0 Å². The molecule has 0 unspecified atom stereocenters. The minimum atomic E-state index is -4.94. The molecule has 0 aliphatic carbocycles. The summed E-state index contributed by atoms with van der Waals surface area (Å²) in [6.07, 6.45) is 11.7. The second-order valence-corrected chi connectivity index (χ2v) is 10.6. The molecule has 8 nitrogen and oxygen atoms in total. The van der Waals surface area contributed by atoms with Crippen LogP contribution in [0.3, 0.4) is 0 Å². The molecular weight excluding hydrogens is 548 g/mol. The number of para-hydroxylation sites is 2. The lowest BCUT2D eigenvalue weighted by Gasteiger charge is -2.17. The van der Waals surface area contributed by atoms with E-state index in [0.717, 1.165) is 18.1 Å². The minimum absolute atomic E-state index is 0.337. The monoisotopic (exact) mass is 574 g/mol. The molecule has 38 heavy (non-hydrogen) atoms. The van der Waals surface area contributed by atoms with E-state index in [4.69, 9.17) is 23.4 Å². The molecule has 0 saturated heterocycles. The first-order chi connectivity index (χ1) is 18.1. The van der Waals surface area contributed by atoms with Gasteiger partial charge in [-0.25, -0.2) is 18.6 Å². The summed E-state index contributed by atoms with van der Waals surface area (Å²) in [4.78, 5) is 15.1. The van der Waals surface area contributed by atoms with Gasteiger partial charge in [-0.05, 0) is 50.3 Å². The van der Waals surface area contributed by atoms with Crippen LogP contribution in [0.15, 0.2) is 94.6 Å². The average molecular weight is 575 g/mol. The van der Waals surface area contributed by atoms with Crippen LogP contribution in [0.25, 0.3) is 16.3 Å². The number of halogens is 1. The molecule has 1 aliphatic heterocycles. The third kappa shape index (κ3) is 8.53. The predicted octanol–water partition coefficient (Wildman–Crippen LogP) is 1.94. The third-order valence-corrected chi connectivity index (χ3v) is 7.43. The number of thioether (sulfide) groups is 1. The summed E-state index contributed by atoms with van der Waals surface area (Å²) in [5.41, 5.74) is 2.46. The number of hydrogen-bond acceptors (Lipinski definition) is 9. The van der Waals surface area contributed by atoms with E-state index in [-0.39, 0.29) is 5.97 Å². The molecule has 0 atom stereocenters. The fourth-order valence-corrected chi connectivity index (χ4v) is 6.00. The Kier molecular flexibility index (Phi) is 10.7. The summed E-state index contributed by atoms with van der Waals surface area (Å²) in [7, 11) is -4.94. The van der Waals surface area contributed by atoms with Crippen LogP contribution in [-0.2, 0) is 16.1 Å². The Hall–Kier alpha value is -2.96. The lowest BCUT2D eigenvalue weighted by molar-refractivity contribution is -2.00. The van der Waals surface area contributed by atoms with E-state index in [1.54, 1.807) is 23.1 Å². The second kappa shape index (κ2) is 13.7. The Morgan fingerprint density at radius 2 is 1.74 bits per heavy atom. The fraction of sp³-hybridized carbons (Fsp3) is 0.185. The van der Waals surface area contributed by atoms with Crippen LogP contribution < -0.4 is 28.1 Å². The van der Waals surface area contributed by atoms with Crippen LogP contribution >= 0.6 is 23.1 Å². The van der Waals surface area contributed by atoms with E-state index < -0.39 is 10.2 Å². The van der Waals surface area contributed by atoms with Gasteiger partial charge in [0.25, 0.3) is 5.01 Å². The Bertz CT molecular complexity index is 1390. The van der Waals surface area contributed by atoms with Crippen LogP contribution in [0.5, 0.6) is 0 Å². The van der Waals surface area contributed by atoms with E-state index in [0.29, 0.717) is 5.76 Å². The van der Waals surface area contributed by atoms with Gasteiger partial charge in [0.05, 0.1) is 10.7 Å². The highest BCUT2D eigenvalue weighted by atomic mass is 35.7. The second-order valence-electron chi connectivity index (χ2n) is 7.73. The summed E-state index contributed by atoms with van der Waals surface area (Å²) in [5, 5.41) is 2.30. The lowest BCUT2D eigenvalue weighted by Crippen LogP contribution is -2.68. The number of aryl methyl sites for hydroxylation is 1. The van der Waals surface area contributed by atoms with Crippen molar-refractivity contribution in [3.63, 3.8) is 0 Å². The zero-order valence-corrected chi connectivity index (χ0v) is 23.4. The molecule has 0 amide bonds. The summed E-state index contributed by atoms with van der Waals surface area (Å²) in [6, 6.07) is 16.8. The van der Waals surface area contributed by atoms with Gasteiger partial charge in [0.1, 0.15) is 17.0 Å². The molecule has 0 saturated carbocycles. The molecule has 0 radical (unpaired) electrons. The van der Waals surface area contributed by atoms with Gasteiger partial charge in [0.2, 0.25) is 5.52 Å². The highest BCUT2D eigenvalue weighted by Gasteiger charge is 2.22. The molecule has 11 heteroatoms. The molecular formula is C27H27ClN2O6S2. The Labute approximate surface area is 231 Å². The predicted molar refractivity (Wildman–Crippen MR) is 139 cm³/mol. The smallest absolute Gasteiger partial charge is 0.308 e. The number of anilines is 1. The number of hydrogen-bond donors (Lipinski definition) is 0. The number of fused-ring (bicyclic) bond motifs is 2. The summed E-state index contributed by atoms with van der Waals surface area (Å²) in [6.45, 7) is 7.49. The van der Waals surface area contributed by atoms with Gasteiger partial charge in [-0.2, -0.15) is 4.57 Å².